The van der Waals surface area contributed by atoms with Gasteiger partial charge in [0.2, 0.25) is 6.41 Å². The molecule has 1 aliphatic carbocycles. The van der Waals surface area contributed by atoms with Crippen molar-refractivity contribution in [2.75, 3.05) is 0 Å². The van der Waals surface area contributed by atoms with E-state index in [9.17, 15) is 4.79 Å². The predicted molar refractivity (Wildman–Crippen MR) is 55.9 cm³/mol. The Bertz CT molecular complexity index is 155. The highest BCUT2D eigenvalue weighted by Crippen LogP contribution is 2.21. The molecule has 1 N–H and O–H groups in total. The van der Waals surface area contributed by atoms with Gasteiger partial charge in [0, 0.05) is 0 Å². The Morgan fingerprint density at radius 1 is 1.43 bits per heavy atom. The van der Waals surface area contributed by atoms with Gasteiger partial charge in [0.1, 0.15) is 6.23 Å². The number of carbonyl (C=O) groups is 1. The molecular weight excluding hydrogens is 178 g/mol. The highest BCUT2D eigenvalue weighted by Gasteiger charge is 2.17. The van der Waals surface area contributed by atoms with Gasteiger partial charge in [0.15, 0.2) is 0 Å². The van der Waals surface area contributed by atoms with Gasteiger partial charge in [0.05, 0.1) is 6.10 Å². The van der Waals surface area contributed by atoms with E-state index in [4.69, 9.17) is 4.74 Å². The molecule has 1 rings (SSSR count). The van der Waals surface area contributed by atoms with Crippen molar-refractivity contribution < 1.29 is 9.53 Å². The van der Waals surface area contributed by atoms with Gasteiger partial charge in [-0.2, -0.15) is 0 Å². The molecule has 14 heavy (non-hydrogen) atoms. The maximum absolute atomic E-state index is 10.3. The zero-order valence-corrected chi connectivity index (χ0v) is 9.00. The van der Waals surface area contributed by atoms with Crippen LogP contribution in [-0.4, -0.2) is 18.7 Å². The summed E-state index contributed by atoms with van der Waals surface area (Å²) in [5.74, 6) is 0. The molecule has 1 fully saturated rings. The van der Waals surface area contributed by atoms with Crippen LogP contribution >= 0.6 is 0 Å². The Balaban J connectivity index is 2.25. The van der Waals surface area contributed by atoms with E-state index in [1.54, 1.807) is 0 Å². The van der Waals surface area contributed by atoms with Crippen molar-refractivity contribution in [3.63, 3.8) is 0 Å². The molecule has 1 amide bonds. The molecule has 0 aliphatic heterocycles. The average Bonchev–Trinajstić information content (AvgIpc) is 2.20. The molecular formula is C11H21NO2. The van der Waals surface area contributed by atoms with Gasteiger partial charge >= 0.3 is 0 Å². The lowest BCUT2D eigenvalue weighted by Crippen LogP contribution is -2.35. The van der Waals surface area contributed by atoms with Gasteiger partial charge in [-0.05, 0) is 19.3 Å². The maximum Gasteiger partial charge on any atom is 0.209 e. The smallest absolute Gasteiger partial charge is 0.209 e. The molecule has 1 atom stereocenters. The van der Waals surface area contributed by atoms with Gasteiger partial charge < -0.3 is 10.1 Å². The van der Waals surface area contributed by atoms with Crippen molar-refractivity contribution in [3.8, 4) is 0 Å². The van der Waals surface area contributed by atoms with Crippen molar-refractivity contribution >= 4 is 6.41 Å². The van der Waals surface area contributed by atoms with Gasteiger partial charge in [0.25, 0.3) is 0 Å². The first-order valence-corrected chi connectivity index (χ1v) is 5.72. The van der Waals surface area contributed by atoms with Crippen molar-refractivity contribution in [1.82, 2.24) is 5.32 Å². The quantitative estimate of drug-likeness (QED) is 0.526. The van der Waals surface area contributed by atoms with Crippen molar-refractivity contribution in [2.45, 2.75) is 64.2 Å². The van der Waals surface area contributed by atoms with Crippen LogP contribution in [0.15, 0.2) is 0 Å². The van der Waals surface area contributed by atoms with Crippen LogP contribution in [0.1, 0.15) is 51.9 Å². The summed E-state index contributed by atoms with van der Waals surface area (Å²) in [6, 6.07) is 0. The lowest BCUT2D eigenvalue weighted by Gasteiger charge is -2.27. The first-order valence-electron chi connectivity index (χ1n) is 5.72. The van der Waals surface area contributed by atoms with E-state index in [1.807, 2.05) is 0 Å². The normalized spacial score (nSPS) is 20.4. The number of amides is 1. The molecule has 0 aromatic carbocycles. The predicted octanol–water partition coefficient (Wildman–Crippen LogP) is 2.21. The van der Waals surface area contributed by atoms with E-state index < -0.39 is 0 Å². The minimum Gasteiger partial charge on any atom is -0.355 e. The maximum atomic E-state index is 10.3. The first-order chi connectivity index (χ1) is 6.86. The fourth-order valence-corrected chi connectivity index (χ4v) is 1.96. The van der Waals surface area contributed by atoms with Crippen LogP contribution in [0.5, 0.6) is 0 Å². The Kier molecular flexibility index (Phi) is 5.60. The summed E-state index contributed by atoms with van der Waals surface area (Å²) in [4.78, 5) is 10.3. The molecule has 0 heterocycles. The summed E-state index contributed by atoms with van der Waals surface area (Å²) in [5, 5.41) is 2.73. The molecule has 1 aliphatic rings. The summed E-state index contributed by atoms with van der Waals surface area (Å²) >= 11 is 0. The van der Waals surface area contributed by atoms with Crippen molar-refractivity contribution in [3.05, 3.63) is 0 Å². The van der Waals surface area contributed by atoms with E-state index in [0.29, 0.717) is 6.10 Å². The van der Waals surface area contributed by atoms with Crippen LogP contribution in [0.2, 0.25) is 0 Å². The number of hydrogen-bond donors (Lipinski definition) is 1. The van der Waals surface area contributed by atoms with Crippen LogP contribution in [0.25, 0.3) is 0 Å². The molecule has 0 aromatic heterocycles. The number of hydrogen-bond acceptors (Lipinski definition) is 2. The Labute approximate surface area is 86.2 Å². The van der Waals surface area contributed by atoms with Gasteiger partial charge in [-0.25, -0.2) is 0 Å². The highest BCUT2D eigenvalue weighted by atomic mass is 16.5. The number of rotatable bonds is 6. The fourth-order valence-electron chi connectivity index (χ4n) is 1.96. The standard InChI is InChI=1S/C11H21NO2/c1-2-6-11(12-9-13)14-10-7-4-3-5-8-10/h9-11H,2-8H2,1H3,(H,12,13). The van der Waals surface area contributed by atoms with Crippen LogP contribution in [0, 0.1) is 0 Å². The minimum atomic E-state index is -0.0689. The number of nitrogens with one attached hydrogen (secondary N) is 1. The molecule has 3 heteroatoms. The van der Waals surface area contributed by atoms with E-state index in [2.05, 4.69) is 12.2 Å². The molecule has 0 saturated heterocycles. The third kappa shape index (κ3) is 4.09. The number of carbonyl (C=O) groups excluding carboxylic acids is 1. The third-order valence-corrected chi connectivity index (χ3v) is 2.71. The summed E-state index contributed by atoms with van der Waals surface area (Å²) in [6.07, 6.45) is 9.17. The minimum absolute atomic E-state index is 0.0689. The lowest BCUT2D eigenvalue weighted by atomic mass is 9.98. The highest BCUT2D eigenvalue weighted by molar-refractivity contribution is 5.46. The summed E-state index contributed by atoms with van der Waals surface area (Å²) < 4.78 is 5.83. The number of ether oxygens (including phenoxy) is 1. The molecule has 0 bridgehead atoms. The Morgan fingerprint density at radius 2 is 2.14 bits per heavy atom. The summed E-state index contributed by atoms with van der Waals surface area (Å²) in [5.41, 5.74) is 0. The van der Waals surface area contributed by atoms with Crippen molar-refractivity contribution in [1.29, 1.82) is 0 Å². The largest absolute Gasteiger partial charge is 0.355 e. The SMILES string of the molecule is CCCC(NC=O)OC1CCCCC1. The van der Waals surface area contributed by atoms with E-state index in [-0.39, 0.29) is 6.23 Å². The second-order valence-corrected chi connectivity index (χ2v) is 3.96. The topological polar surface area (TPSA) is 38.3 Å². The fraction of sp³-hybridized carbons (Fsp3) is 0.909. The zero-order chi connectivity index (χ0) is 10.2. The van der Waals surface area contributed by atoms with Crippen LogP contribution in [-0.2, 0) is 9.53 Å². The molecule has 0 radical (unpaired) electrons. The molecule has 82 valence electrons. The molecule has 1 unspecified atom stereocenters. The van der Waals surface area contributed by atoms with Crippen molar-refractivity contribution in [2.24, 2.45) is 0 Å². The summed E-state index contributed by atoms with van der Waals surface area (Å²) in [7, 11) is 0. The van der Waals surface area contributed by atoms with Crippen LogP contribution in [0.4, 0.5) is 0 Å². The van der Waals surface area contributed by atoms with Gasteiger partial charge in [-0.3, -0.25) is 4.79 Å². The Morgan fingerprint density at radius 3 is 2.71 bits per heavy atom. The van der Waals surface area contributed by atoms with Gasteiger partial charge in [-0.15, -0.1) is 0 Å². The second-order valence-electron chi connectivity index (χ2n) is 3.96. The van der Waals surface area contributed by atoms with Gasteiger partial charge in [-0.1, -0.05) is 32.6 Å². The monoisotopic (exact) mass is 199 g/mol. The first kappa shape index (κ1) is 11.5. The van der Waals surface area contributed by atoms with E-state index in [0.717, 1.165) is 32.1 Å². The molecule has 1 saturated carbocycles. The third-order valence-electron chi connectivity index (χ3n) is 2.71. The van der Waals surface area contributed by atoms with E-state index >= 15 is 0 Å². The molecule has 0 spiro atoms. The van der Waals surface area contributed by atoms with Crippen LogP contribution in [0.3, 0.4) is 0 Å². The molecule has 0 aromatic rings. The zero-order valence-electron chi connectivity index (χ0n) is 9.00. The summed E-state index contributed by atoms with van der Waals surface area (Å²) in [6.45, 7) is 2.10. The second kappa shape index (κ2) is 6.82. The van der Waals surface area contributed by atoms with Crippen LogP contribution < -0.4 is 5.32 Å². The lowest BCUT2D eigenvalue weighted by molar-refractivity contribution is -0.116. The molecule has 3 nitrogen and oxygen atoms in total. The van der Waals surface area contributed by atoms with E-state index in [1.165, 1.54) is 19.3 Å². The Hall–Kier alpha value is -0.570. The average molecular weight is 199 g/mol.